The van der Waals surface area contributed by atoms with Crippen molar-refractivity contribution in [2.75, 3.05) is 0 Å². The average Bonchev–Trinajstić information content (AvgIpc) is 1.28. The fraction of sp³-hybridized carbons (Fsp3) is 0.260. The van der Waals surface area contributed by atoms with E-state index in [2.05, 4.69) is 143 Å². The SMILES string of the molecule is Cc1cc(-c2ccccc2)cc(C)n1.Cc1cc(C)nc(-c2ccccc2)n1.Cc1cccc(C)n1.Cc1ccnc(C)c1.Cc1ccnc(C)c1.Cc1ccnc(C)n1.Cc1cnc(C)cn1.Cc1cnc(C)nc1.Cc1cncc(C)c1.Cc1cncc(C)n1. The number of benzene rings is 2. The summed E-state index contributed by atoms with van der Waals surface area (Å²) in [5.74, 6) is 2.48. The molecule has 0 saturated carbocycles. The number of nitrogens with zero attached hydrogens (tertiary/aromatic N) is 15. The zero-order chi connectivity index (χ0) is 67.8. The Morgan fingerprint density at radius 2 is 0.609 bits per heavy atom. The summed E-state index contributed by atoms with van der Waals surface area (Å²) in [6.45, 7) is 39.6. The van der Waals surface area contributed by atoms with Crippen molar-refractivity contribution in [3.63, 3.8) is 0 Å². The average molecular weight is 1230 g/mol. The molecule has 0 fully saturated rings. The van der Waals surface area contributed by atoms with Crippen LogP contribution in [0, 0.1) is 138 Å². The zero-order valence-electron chi connectivity index (χ0n) is 57.8. The van der Waals surface area contributed by atoms with Crippen LogP contribution in [-0.4, -0.2) is 74.8 Å². The molecule has 0 aliphatic rings. The molecule has 0 amide bonds. The van der Waals surface area contributed by atoms with Gasteiger partial charge in [-0.1, -0.05) is 72.8 Å². The van der Waals surface area contributed by atoms with Crippen LogP contribution < -0.4 is 0 Å². The maximum atomic E-state index is 4.39. The molecule has 0 radical (unpaired) electrons. The molecule has 0 spiro atoms. The second-order valence-corrected chi connectivity index (χ2v) is 21.9. The number of pyridine rings is 5. The van der Waals surface area contributed by atoms with Crippen molar-refractivity contribution < 1.29 is 0 Å². The first-order chi connectivity index (χ1) is 43.8. The van der Waals surface area contributed by atoms with Crippen LogP contribution in [0.3, 0.4) is 0 Å². The Kier molecular flexibility index (Phi) is 35.0. The van der Waals surface area contributed by atoms with Crippen molar-refractivity contribution in [1.29, 1.82) is 0 Å². The van der Waals surface area contributed by atoms with Gasteiger partial charge in [0.15, 0.2) is 5.82 Å². The molecule has 0 aliphatic heterocycles. The summed E-state index contributed by atoms with van der Waals surface area (Å²) in [7, 11) is 0. The third-order valence-corrected chi connectivity index (χ3v) is 12.0. The van der Waals surface area contributed by atoms with E-state index < -0.39 is 0 Å². The highest BCUT2D eigenvalue weighted by Crippen LogP contribution is 2.20. The van der Waals surface area contributed by atoms with Crippen LogP contribution in [0.25, 0.3) is 22.5 Å². The number of hydrogen-bond acceptors (Lipinski definition) is 15. The molecule has 10 heterocycles. The first-order valence-corrected chi connectivity index (χ1v) is 30.3. The van der Waals surface area contributed by atoms with Crippen molar-refractivity contribution in [1.82, 2.24) is 74.8 Å². The molecule has 476 valence electrons. The van der Waals surface area contributed by atoms with Crippen LogP contribution in [0.15, 0.2) is 202 Å². The molecule has 15 nitrogen and oxygen atoms in total. The van der Waals surface area contributed by atoms with E-state index in [1.165, 1.54) is 33.4 Å². The first kappa shape index (κ1) is 75.8. The first-order valence-electron chi connectivity index (χ1n) is 30.3. The summed E-state index contributed by atoms with van der Waals surface area (Å²) < 4.78 is 0. The number of hydrogen-bond donors (Lipinski definition) is 0. The molecule has 0 bridgehead atoms. The van der Waals surface area contributed by atoms with Gasteiger partial charge in [0.25, 0.3) is 0 Å². The van der Waals surface area contributed by atoms with Crippen LogP contribution in [-0.2, 0) is 0 Å². The standard InChI is InChI=1S/C13H13N.C12H12N2.4C7H9N.4C6H8N2/c1-10-8-13(9-11(2)14-10)12-6-4-3-5-7-12;1-9-8-10(2)14-12(13-9)11-6-4-3-5-7-11;1-6-3-7(2)5-8-4-6;2*1-6-3-4-8-7(2)5-6;1-6-4-3-5-7(2)8-6;1-5-3-8-6(2)4-7-5;1-5-3-7-4-6(2)8-5;1-5-3-7-6(2)8-4-5;1-5-3-4-7-6(2)8-5/h3-9H,1-2H3;3-8H,1-2H3;4*3-5H,1-2H3;4*3-4H,1-2H3. The van der Waals surface area contributed by atoms with Gasteiger partial charge < -0.3 is 0 Å². The van der Waals surface area contributed by atoms with E-state index >= 15 is 0 Å². The van der Waals surface area contributed by atoms with Crippen LogP contribution >= 0.6 is 0 Å². The van der Waals surface area contributed by atoms with Gasteiger partial charge in [-0.2, -0.15) is 0 Å². The monoisotopic (exact) mass is 1230 g/mol. The van der Waals surface area contributed by atoms with Gasteiger partial charge in [0, 0.05) is 125 Å². The van der Waals surface area contributed by atoms with Gasteiger partial charge in [-0.25, -0.2) is 29.9 Å². The largest absolute Gasteiger partial charge is 0.264 e. The van der Waals surface area contributed by atoms with Gasteiger partial charge >= 0.3 is 0 Å². The second-order valence-electron chi connectivity index (χ2n) is 21.9. The lowest BCUT2D eigenvalue weighted by Crippen LogP contribution is -1.93. The van der Waals surface area contributed by atoms with Gasteiger partial charge in [0.1, 0.15) is 11.6 Å². The lowest BCUT2D eigenvalue weighted by Gasteiger charge is -2.03. The fourth-order valence-electron chi connectivity index (χ4n) is 7.91. The minimum absolute atomic E-state index is 0.808. The molecular formula is C77H93N15. The van der Waals surface area contributed by atoms with Crippen molar-refractivity contribution in [3.05, 3.63) is 315 Å². The Bertz CT molecular complexity index is 3340. The third-order valence-electron chi connectivity index (χ3n) is 12.0. The van der Waals surface area contributed by atoms with E-state index in [9.17, 15) is 0 Å². The Morgan fingerprint density at radius 3 is 0.946 bits per heavy atom. The summed E-state index contributed by atoms with van der Waals surface area (Å²) in [5, 5.41) is 0. The highest BCUT2D eigenvalue weighted by atomic mass is 14.9. The van der Waals surface area contributed by atoms with Crippen LogP contribution in [0.2, 0.25) is 0 Å². The van der Waals surface area contributed by atoms with Crippen molar-refractivity contribution in [2.45, 2.75) is 138 Å². The summed E-state index contributed by atoms with van der Waals surface area (Å²) >= 11 is 0. The summed E-state index contributed by atoms with van der Waals surface area (Å²) in [6, 6.07) is 44.7. The van der Waals surface area contributed by atoms with Crippen LogP contribution in [0.1, 0.15) is 113 Å². The van der Waals surface area contributed by atoms with Gasteiger partial charge in [0.2, 0.25) is 0 Å². The molecule has 0 unspecified atom stereocenters. The minimum Gasteiger partial charge on any atom is -0.264 e. The summed E-state index contributed by atoms with van der Waals surface area (Å²) in [4.78, 5) is 61.4. The predicted molar refractivity (Wildman–Crippen MR) is 377 cm³/mol. The van der Waals surface area contributed by atoms with E-state index in [-0.39, 0.29) is 0 Å². The second kappa shape index (κ2) is 42.5. The van der Waals surface area contributed by atoms with Crippen molar-refractivity contribution >= 4 is 0 Å². The fourth-order valence-corrected chi connectivity index (χ4v) is 7.91. The molecule has 0 aliphatic carbocycles. The Labute approximate surface area is 548 Å². The molecule has 15 heteroatoms. The molecule has 92 heavy (non-hydrogen) atoms. The molecule has 0 saturated heterocycles. The number of aromatic nitrogens is 15. The van der Waals surface area contributed by atoms with Gasteiger partial charge in [-0.3, -0.25) is 44.9 Å². The van der Waals surface area contributed by atoms with Crippen LogP contribution in [0.5, 0.6) is 0 Å². The summed E-state index contributed by atoms with van der Waals surface area (Å²) in [6.07, 6.45) is 19.7. The number of aryl methyl sites for hydroxylation is 20. The minimum atomic E-state index is 0.808. The maximum Gasteiger partial charge on any atom is 0.159 e. The topological polar surface area (TPSA) is 193 Å². The Hall–Kier alpha value is -10.4. The molecule has 0 atom stereocenters. The predicted octanol–water partition coefficient (Wildman–Crippen LogP) is 17.3. The summed E-state index contributed by atoms with van der Waals surface area (Å²) in [5.41, 5.74) is 23.1. The van der Waals surface area contributed by atoms with E-state index in [0.29, 0.717) is 0 Å². The van der Waals surface area contributed by atoms with Crippen molar-refractivity contribution in [2.24, 2.45) is 0 Å². The van der Waals surface area contributed by atoms with E-state index in [1.807, 2.05) is 241 Å². The Morgan fingerprint density at radius 1 is 0.196 bits per heavy atom. The molecule has 2 aromatic carbocycles. The quantitative estimate of drug-likeness (QED) is 0.159. The van der Waals surface area contributed by atoms with E-state index in [1.54, 1.807) is 31.0 Å². The van der Waals surface area contributed by atoms with E-state index in [0.717, 1.165) is 103 Å². The zero-order valence-corrected chi connectivity index (χ0v) is 57.8. The molecule has 12 rings (SSSR count). The highest BCUT2D eigenvalue weighted by Gasteiger charge is 2.02. The molecule has 0 N–H and O–H groups in total. The van der Waals surface area contributed by atoms with Gasteiger partial charge in [-0.05, 0) is 238 Å². The van der Waals surface area contributed by atoms with Crippen LogP contribution in [0.4, 0.5) is 0 Å². The third kappa shape index (κ3) is 35.6. The molecule has 10 aromatic heterocycles. The smallest absolute Gasteiger partial charge is 0.159 e. The molecular weight excluding hydrogens is 1130 g/mol. The lowest BCUT2D eigenvalue weighted by molar-refractivity contribution is 1.01. The van der Waals surface area contributed by atoms with Gasteiger partial charge in [0.05, 0.1) is 22.8 Å². The Balaban J connectivity index is 0.000000269. The maximum absolute atomic E-state index is 4.39. The molecule has 12 aromatic rings. The highest BCUT2D eigenvalue weighted by molar-refractivity contribution is 5.63. The van der Waals surface area contributed by atoms with Crippen molar-refractivity contribution in [3.8, 4) is 22.5 Å². The normalized spacial score (nSPS) is 9.52. The number of rotatable bonds is 2. The van der Waals surface area contributed by atoms with Gasteiger partial charge in [-0.15, -0.1) is 0 Å². The van der Waals surface area contributed by atoms with E-state index in [4.69, 9.17) is 0 Å². The lowest BCUT2D eigenvalue weighted by atomic mass is 10.1.